The predicted octanol–water partition coefficient (Wildman–Crippen LogP) is 4.25. The van der Waals surface area contributed by atoms with Crippen molar-refractivity contribution in [2.75, 3.05) is 10.6 Å². The minimum Gasteiger partial charge on any atom is -0.392 e. The first kappa shape index (κ1) is 25.7. The molecule has 0 saturated heterocycles. The lowest BCUT2D eigenvalue weighted by Gasteiger charge is -2.31. The highest BCUT2D eigenvalue weighted by molar-refractivity contribution is 6.20. The Balaban J connectivity index is 2.50. The van der Waals surface area contributed by atoms with Crippen molar-refractivity contribution >= 4 is 29.9 Å². The van der Waals surface area contributed by atoms with E-state index in [2.05, 4.69) is 24.9 Å². The van der Waals surface area contributed by atoms with Gasteiger partial charge in [-0.15, -0.1) is 0 Å². The molecule has 5 N–H and O–H groups in total. The van der Waals surface area contributed by atoms with Crippen LogP contribution in [0.4, 0.5) is 11.5 Å². The summed E-state index contributed by atoms with van der Waals surface area (Å²) in [7, 11) is 0. The van der Waals surface area contributed by atoms with Crippen molar-refractivity contribution < 1.29 is 5.11 Å². The van der Waals surface area contributed by atoms with E-state index in [0.717, 1.165) is 5.56 Å². The van der Waals surface area contributed by atoms with Crippen LogP contribution in [0.1, 0.15) is 44.7 Å². The Kier molecular flexibility index (Phi) is 9.70. The first-order valence-electron chi connectivity index (χ1n) is 11.0. The SMILES string of the molecule is C[C@H]([C@H](C)N=C(c1cccnc1N)N(C=N)c1ccc(CO)cc1)[C@H](C)C(CC#N)CC=N. The summed E-state index contributed by atoms with van der Waals surface area (Å²) >= 11 is 0. The highest BCUT2D eigenvalue weighted by Gasteiger charge is 2.27. The fourth-order valence-corrected chi connectivity index (χ4v) is 3.82. The van der Waals surface area contributed by atoms with Gasteiger partial charge in [-0.25, -0.2) is 4.98 Å². The summed E-state index contributed by atoms with van der Waals surface area (Å²) in [6.07, 6.45) is 5.12. The Bertz CT molecular complexity index is 997. The molecule has 0 fully saturated rings. The number of nitrogens with zero attached hydrogens (tertiary/aromatic N) is 4. The van der Waals surface area contributed by atoms with E-state index in [1.807, 2.05) is 25.1 Å². The van der Waals surface area contributed by atoms with Crippen molar-refractivity contribution in [3.05, 3.63) is 53.7 Å². The average Bonchev–Trinajstić information content (AvgIpc) is 2.83. The molecule has 1 aromatic heterocycles. The van der Waals surface area contributed by atoms with Crippen molar-refractivity contribution in [2.24, 2.45) is 22.7 Å². The van der Waals surface area contributed by atoms with Crippen LogP contribution in [0.2, 0.25) is 0 Å². The third kappa shape index (κ3) is 6.46. The number of nitrogens with two attached hydrogens (primary N) is 1. The number of aliphatic hydroxyl groups excluding tert-OH is 1. The number of nitrogens with one attached hydrogen (secondary N) is 2. The molecular formula is C25H33N7O. The summed E-state index contributed by atoms with van der Waals surface area (Å²) < 4.78 is 0. The fraction of sp³-hybridized carbons (Fsp3) is 0.400. The average molecular weight is 448 g/mol. The summed E-state index contributed by atoms with van der Waals surface area (Å²) in [5.41, 5.74) is 8.29. The first-order chi connectivity index (χ1) is 15.9. The standard InChI is InChI=1S/C25H33N7O/c1-17(18(2)21(10-12-26)11-13-27)19(3)31-25(23-5-4-14-30-24(23)29)32(16-28)22-8-6-20(15-33)7-9-22/h4-9,12,14,16-19,21,26,28,33H,10-11,15H2,1-3H3,(H2,29,30)/t17-,18-,19-,21?/m0/s1. The lowest BCUT2D eigenvalue weighted by Crippen LogP contribution is -2.34. The van der Waals surface area contributed by atoms with Gasteiger partial charge in [0.15, 0.2) is 0 Å². The van der Waals surface area contributed by atoms with Gasteiger partial charge >= 0.3 is 0 Å². The minimum absolute atomic E-state index is 0.0621. The molecule has 8 heteroatoms. The summed E-state index contributed by atoms with van der Waals surface area (Å²) in [6, 6.07) is 12.9. The van der Waals surface area contributed by atoms with Gasteiger partial charge in [0.1, 0.15) is 11.7 Å². The summed E-state index contributed by atoms with van der Waals surface area (Å²) in [4.78, 5) is 10.9. The zero-order chi connectivity index (χ0) is 24.4. The Morgan fingerprint density at radius 1 is 1.21 bits per heavy atom. The molecule has 2 aromatic rings. The third-order valence-electron chi connectivity index (χ3n) is 6.27. The molecule has 1 aromatic carbocycles. The highest BCUT2D eigenvalue weighted by atomic mass is 16.3. The van der Waals surface area contributed by atoms with Crippen LogP contribution in [-0.2, 0) is 6.61 Å². The van der Waals surface area contributed by atoms with Gasteiger partial charge in [-0.3, -0.25) is 15.3 Å². The molecule has 0 radical (unpaired) electrons. The molecule has 0 aliphatic heterocycles. The van der Waals surface area contributed by atoms with Gasteiger partial charge in [0.25, 0.3) is 0 Å². The Morgan fingerprint density at radius 2 is 1.91 bits per heavy atom. The number of aromatic nitrogens is 1. The zero-order valence-electron chi connectivity index (χ0n) is 19.4. The second-order valence-corrected chi connectivity index (χ2v) is 8.23. The Labute approximate surface area is 195 Å². The normalized spacial score (nSPS) is 15.1. The Hall–Kier alpha value is -3.57. The second-order valence-electron chi connectivity index (χ2n) is 8.23. The molecule has 2 rings (SSSR count). The number of aliphatic hydroxyl groups is 1. The molecular weight excluding hydrogens is 414 g/mol. The van der Waals surface area contributed by atoms with E-state index in [9.17, 15) is 10.4 Å². The lowest BCUT2D eigenvalue weighted by atomic mass is 9.78. The van der Waals surface area contributed by atoms with Crippen LogP contribution in [0.3, 0.4) is 0 Å². The van der Waals surface area contributed by atoms with Crippen LogP contribution in [0.5, 0.6) is 0 Å². The fourth-order valence-electron chi connectivity index (χ4n) is 3.82. The number of nitriles is 1. The number of nitrogen functional groups attached to an aromatic ring is 1. The van der Waals surface area contributed by atoms with Gasteiger partial charge in [0, 0.05) is 18.3 Å². The molecule has 174 valence electrons. The van der Waals surface area contributed by atoms with Gasteiger partial charge in [0.2, 0.25) is 0 Å². The van der Waals surface area contributed by atoms with Crippen molar-refractivity contribution in [1.29, 1.82) is 16.1 Å². The number of amidine groups is 1. The van der Waals surface area contributed by atoms with Gasteiger partial charge in [0.05, 0.1) is 30.6 Å². The molecule has 0 bridgehead atoms. The molecule has 33 heavy (non-hydrogen) atoms. The van der Waals surface area contributed by atoms with Gasteiger partial charge in [-0.05, 0) is 67.1 Å². The van der Waals surface area contributed by atoms with E-state index in [-0.39, 0.29) is 30.4 Å². The van der Waals surface area contributed by atoms with Crippen LogP contribution >= 0.6 is 0 Å². The van der Waals surface area contributed by atoms with E-state index < -0.39 is 0 Å². The molecule has 0 saturated carbocycles. The van der Waals surface area contributed by atoms with Crippen LogP contribution in [0.25, 0.3) is 0 Å². The summed E-state index contributed by atoms with van der Waals surface area (Å²) in [5, 5.41) is 34.2. The number of anilines is 2. The van der Waals surface area contributed by atoms with E-state index in [0.29, 0.717) is 35.7 Å². The number of benzene rings is 1. The molecule has 1 heterocycles. The van der Waals surface area contributed by atoms with Crippen LogP contribution in [0, 0.1) is 39.9 Å². The number of hydrogen-bond donors (Lipinski definition) is 4. The molecule has 1 unspecified atom stereocenters. The minimum atomic E-state index is -0.152. The number of hydrogen-bond acceptors (Lipinski definition) is 7. The number of aliphatic imine (C=N–C) groups is 1. The maximum atomic E-state index is 9.36. The second kappa shape index (κ2) is 12.5. The van der Waals surface area contributed by atoms with Crippen molar-refractivity contribution in [2.45, 2.75) is 46.3 Å². The number of pyridine rings is 1. The van der Waals surface area contributed by atoms with Crippen molar-refractivity contribution in [3.8, 4) is 6.07 Å². The first-order valence-corrected chi connectivity index (χ1v) is 11.0. The monoisotopic (exact) mass is 447 g/mol. The summed E-state index contributed by atoms with van der Waals surface area (Å²) in [5.74, 6) is 1.17. The molecule has 0 amide bonds. The lowest BCUT2D eigenvalue weighted by molar-refractivity contribution is 0.245. The van der Waals surface area contributed by atoms with E-state index in [4.69, 9.17) is 21.5 Å². The summed E-state index contributed by atoms with van der Waals surface area (Å²) in [6.45, 7) is 6.15. The quantitative estimate of drug-likeness (QED) is 0.300. The molecule has 8 nitrogen and oxygen atoms in total. The topological polar surface area (TPSA) is 146 Å². The maximum absolute atomic E-state index is 9.36. The van der Waals surface area contributed by atoms with E-state index in [1.54, 1.807) is 29.3 Å². The maximum Gasteiger partial charge on any atom is 0.144 e. The van der Waals surface area contributed by atoms with Crippen LogP contribution in [0.15, 0.2) is 47.6 Å². The molecule has 0 aliphatic carbocycles. The molecule has 0 spiro atoms. The van der Waals surface area contributed by atoms with Crippen LogP contribution < -0.4 is 10.6 Å². The number of rotatable bonds is 11. The smallest absolute Gasteiger partial charge is 0.144 e. The van der Waals surface area contributed by atoms with E-state index >= 15 is 0 Å². The van der Waals surface area contributed by atoms with Gasteiger partial charge in [-0.2, -0.15) is 5.26 Å². The largest absolute Gasteiger partial charge is 0.392 e. The molecule has 4 atom stereocenters. The Morgan fingerprint density at radius 3 is 2.45 bits per heavy atom. The van der Waals surface area contributed by atoms with Crippen molar-refractivity contribution in [1.82, 2.24) is 4.98 Å². The molecule has 0 aliphatic rings. The third-order valence-corrected chi connectivity index (χ3v) is 6.27. The van der Waals surface area contributed by atoms with Gasteiger partial charge in [-0.1, -0.05) is 26.0 Å². The highest BCUT2D eigenvalue weighted by Crippen LogP contribution is 2.30. The zero-order valence-corrected chi connectivity index (χ0v) is 19.4. The van der Waals surface area contributed by atoms with Crippen LogP contribution in [-0.4, -0.2) is 34.5 Å². The van der Waals surface area contributed by atoms with Gasteiger partial charge < -0.3 is 16.2 Å². The van der Waals surface area contributed by atoms with Crippen molar-refractivity contribution in [3.63, 3.8) is 0 Å². The predicted molar refractivity (Wildman–Crippen MR) is 134 cm³/mol. The van der Waals surface area contributed by atoms with E-state index in [1.165, 1.54) is 12.6 Å².